The molecule has 5 heteroatoms. The Hall–Kier alpha value is 1.58. The van der Waals surface area contributed by atoms with Crippen LogP contribution in [0.25, 0.3) is 0 Å². The molecular weight excluding hydrogens is 218 g/mol. The molecule has 1 aliphatic heterocycles. The van der Waals surface area contributed by atoms with Crippen molar-refractivity contribution in [3.05, 3.63) is 0 Å². The van der Waals surface area contributed by atoms with Gasteiger partial charge in [0.1, 0.15) is 0 Å². The molecule has 2 unspecified atom stereocenters. The first-order valence-corrected chi connectivity index (χ1v) is 5.31. The second kappa shape index (κ2) is 6.50. The van der Waals surface area contributed by atoms with Gasteiger partial charge in [0.2, 0.25) is 0 Å². The fraction of sp³-hybridized carbons (Fsp3) is 1.00. The third-order valence-corrected chi connectivity index (χ3v) is 3.10. The summed E-state index contributed by atoms with van der Waals surface area (Å²) in [5.74, 6) is 0.431. The summed E-state index contributed by atoms with van der Waals surface area (Å²) in [6.45, 7) is 12.4. The molecule has 0 spiro atoms. The Labute approximate surface area is 136 Å². The molecular formula is C10H21BKO3. The topological polar surface area (TPSA) is 27.7 Å². The Kier molecular flexibility index (Phi) is 7.18. The zero-order valence-corrected chi connectivity index (χ0v) is 14.2. The van der Waals surface area contributed by atoms with Gasteiger partial charge in [-0.1, -0.05) is 13.8 Å². The molecule has 1 fully saturated rings. The van der Waals surface area contributed by atoms with Crippen molar-refractivity contribution in [3.63, 3.8) is 0 Å². The first kappa shape index (κ1) is 16.6. The largest absolute Gasteiger partial charge is 1.00 e. The average Bonchev–Trinajstić information content (AvgIpc) is 2.29. The van der Waals surface area contributed by atoms with Crippen molar-refractivity contribution >= 4 is 7.32 Å². The molecule has 1 heterocycles. The third-order valence-electron chi connectivity index (χ3n) is 3.10. The SMILES string of the molecule is CC1O[B-](OC(C)(C)C(C)C)OC1C.[K+]. The molecule has 2 atom stereocenters. The Morgan fingerprint density at radius 1 is 1.13 bits per heavy atom. The monoisotopic (exact) mass is 239 g/mol. The third kappa shape index (κ3) is 4.76. The molecule has 0 saturated carbocycles. The van der Waals surface area contributed by atoms with E-state index in [0.29, 0.717) is 5.92 Å². The molecule has 1 radical (unpaired) electrons. The minimum atomic E-state index is -0.502. The van der Waals surface area contributed by atoms with E-state index in [0.717, 1.165) is 0 Å². The molecule has 0 amide bonds. The molecule has 3 nitrogen and oxygen atoms in total. The van der Waals surface area contributed by atoms with Crippen molar-refractivity contribution < 1.29 is 65.3 Å². The van der Waals surface area contributed by atoms with Crippen LogP contribution >= 0.6 is 0 Å². The maximum absolute atomic E-state index is 5.76. The summed E-state index contributed by atoms with van der Waals surface area (Å²) < 4.78 is 16.8. The fourth-order valence-corrected chi connectivity index (χ4v) is 1.04. The molecule has 0 aromatic rings. The standard InChI is InChI=1S/C10H21BO3.K/c1-7(2)10(5,6)14-11-12-8(3)9(4)13-11;/h7-9H,1-6H3;/q-1;+1. The van der Waals surface area contributed by atoms with E-state index < -0.39 is 7.32 Å². The maximum Gasteiger partial charge on any atom is 1.00 e. The van der Waals surface area contributed by atoms with Crippen molar-refractivity contribution in [2.24, 2.45) is 5.92 Å². The van der Waals surface area contributed by atoms with Gasteiger partial charge in [-0.25, -0.2) is 0 Å². The van der Waals surface area contributed by atoms with Crippen molar-refractivity contribution in [1.82, 2.24) is 0 Å². The van der Waals surface area contributed by atoms with Crippen LogP contribution in [0.1, 0.15) is 41.5 Å². The molecule has 0 N–H and O–H groups in total. The van der Waals surface area contributed by atoms with Gasteiger partial charge in [-0.15, -0.1) is 0 Å². The summed E-state index contributed by atoms with van der Waals surface area (Å²) in [4.78, 5) is 0. The zero-order chi connectivity index (χ0) is 10.9. The molecule has 1 saturated heterocycles. The molecule has 0 bridgehead atoms. The minimum absolute atomic E-state index is 0. The van der Waals surface area contributed by atoms with Gasteiger partial charge in [0, 0.05) is 17.8 Å². The van der Waals surface area contributed by atoms with Gasteiger partial charge in [0.25, 0.3) is 0 Å². The number of rotatable bonds is 3. The molecule has 1 aliphatic rings. The Morgan fingerprint density at radius 3 is 1.87 bits per heavy atom. The molecule has 15 heavy (non-hydrogen) atoms. The van der Waals surface area contributed by atoms with Crippen LogP contribution in [0.5, 0.6) is 0 Å². The average molecular weight is 239 g/mol. The van der Waals surface area contributed by atoms with E-state index in [-0.39, 0.29) is 69.2 Å². The predicted molar refractivity (Wildman–Crippen MR) is 56.9 cm³/mol. The quantitative estimate of drug-likeness (QED) is 0.607. The van der Waals surface area contributed by atoms with Gasteiger partial charge in [-0.05, 0) is 33.6 Å². The van der Waals surface area contributed by atoms with E-state index in [1.165, 1.54) is 0 Å². The summed E-state index contributed by atoms with van der Waals surface area (Å²) in [6.07, 6.45) is 0.228. The predicted octanol–water partition coefficient (Wildman–Crippen LogP) is -0.750. The first-order chi connectivity index (χ1) is 6.33. The van der Waals surface area contributed by atoms with E-state index in [4.69, 9.17) is 14.0 Å². The van der Waals surface area contributed by atoms with Crippen LogP contribution in [0, 0.1) is 5.92 Å². The van der Waals surface area contributed by atoms with E-state index in [1.807, 2.05) is 13.8 Å². The van der Waals surface area contributed by atoms with Crippen molar-refractivity contribution in [3.8, 4) is 0 Å². The van der Waals surface area contributed by atoms with E-state index >= 15 is 0 Å². The van der Waals surface area contributed by atoms with Crippen LogP contribution in [0.2, 0.25) is 0 Å². The first-order valence-electron chi connectivity index (χ1n) is 5.31. The molecule has 1 rings (SSSR count). The van der Waals surface area contributed by atoms with Gasteiger partial charge in [0.05, 0.1) is 0 Å². The summed E-state index contributed by atoms with van der Waals surface area (Å²) in [5.41, 5.74) is -0.214. The van der Waals surface area contributed by atoms with Crippen LogP contribution in [0.15, 0.2) is 0 Å². The van der Waals surface area contributed by atoms with Gasteiger partial charge >= 0.3 is 58.7 Å². The van der Waals surface area contributed by atoms with Crippen LogP contribution in [0.3, 0.4) is 0 Å². The van der Waals surface area contributed by atoms with Crippen LogP contribution in [-0.4, -0.2) is 25.1 Å². The smallest absolute Gasteiger partial charge is 0.563 e. The summed E-state index contributed by atoms with van der Waals surface area (Å²) in [5, 5.41) is 0. The van der Waals surface area contributed by atoms with Gasteiger partial charge in [0.15, 0.2) is 0 Å². The maximum atomic E-state index is 5.76. The van der Waals surface area contributed by atoms with Crippen LogP contribution in [-0.2, 0) is 14.0 Å². The number of hydrogen-bond donors (Lipinski definition) is 0. The van der Waals surface area contributed by atoms with Crippen LogP contribution in [0.4, 0.5) is 0 Å². The summed E-state index contributed by atoms with van der Waals surface area (Å²) in [7, 11) is -0.502. The van der Waals surface area contributed by atoms with E-state index in [1.54, 1.807) is 0 Å². The molecule has 83 valence electrons. The molecule has 0 aromatic heterocycles. The zero-order valence-electron chi connectivity index (χ0n) is 11.0. The van der Waals surface area contributed by atoms with Gasteiger partial charge in [-0.2, -0.15) is 0 Å². The Bertz CT molecular complexity index is 189. The normalized spacial score (nSPS) is 28.2. The Balaban J connectivity index is 0.00000196. The Morgan fingerprint density at radius 2 is 1.53 bits per heavy atom. The fourth-order valence-electron chi connectivity index (χ4n) is 1.04. The van der Waals surface area contributed by atoms with E-state index in [9.17, 15) is 0 Å². The van der Waals surface area contributed by atoms with Gasteiger partial charge in [-0.3, -0.25) is 0 Å². The summed E-state index contributed by atoms with van der Waals surface area (Å²) in [6, 6.07) is 0. The van der Waals surface area contributed by atoms with Crippen LogP contribution < -0.4 is 51.4 Å². The van der Waals surface area contributed by atoms with Crippen molar-refractivity contribution in [1.29, 1.82) is 0 Å². The molecule has 0 aromatic carbocycles. The molecule has 0 aliphatic carbocycles. The van der Waals surface area contributed by atoms with Crippen molar-refractivity contribution in [2.75, 3.05) is 0 Å². The van der Waals surface area contributed by atoms with Crippen molar-refractivity contribution in [2.45, 2.75) is 59.4 Å². The second-order valence-corrected chi connectivity index (χ2v) is 4.85. The minimum Gasteiger partial charge on any atom is -0.563 e. The summed E-state index contributed by atoms with van der Waals surface area (Å²) >= 11 is 0. The van der Waals surface area contributed by atoms with Gasteiger partial charge < -0.3 is 14.0 Å². The second-order valence-electron chi connectivity index (χ2n) is 4.85. The van der Waals surface area contributed by atoms with E-state index in [2.05, 4.69) is 27.7 Å². The number of hydrogen-bond acceptors (Lipinski definition) is 3.